The van der Waals surface area contributed by atoms with Crippen molar-refractivity contribution in [2.24, 2.45) is 0 Å². The van der Waals surface area contributed by atoms with Crippen molar-refractivity contribution in [3.63, 3.8) is 0 Å². The van der Waals surface area contributed by atoms with Crippen molar-refractivity contribution in [3.05, 3.63) is 113 Å². The van der Waals surface area contributed by atoms with Crippen LogP contribution in [0, 0.1) is 10.1 Å². The Balaban J connectivity index is 1.59. The fourth-order valence-electron chi connectivity index (χ4n) is 4.44. The van der Waals surface area contributed by atoms with Crippen molar-refractivity contribution in [1.29, 1.82) is 0 Å². The van der Waals surface area contributed by atoms with Gasteiger partial charge in [-0.1, -0.05) is 6.07 Å². The average molecular weight is 535 g/mol. The summed E-state index contributed by atoms with van der Waals surface area (Å²) < 4.78 is 27.7. The molecule has 0 aliphatic carbocycles. The van der Waals surface area contributed by atoms with E-state index in [-0.39, 0.29) is 17.8 Å². The van der Waals surface area contributed by atoms with Gasteiger partial charge in [0.05, 0.1) is 22.9 Å². The molecule has 2 atom stereocenters. The van der Waals surface area contributed by atoms with Crippen molar-refractivity contribution in [2.45, 2.75) is 12.1 Å². The standard InChI is InChI=1S/C25H22N6O4S2/c1-37(34,35)28-17-7-9-19(10-8-17)30-24(23(27-25(30)36)21-5-2-3-15-26-21)22-6-4-16-29(22)18-11-13-20(14-12-18)31(32)33/h2-16,23-24,28H,1H3,(H,27,36)/t23-,24-/m0/s1. The second kappa shape index (κ2) is 9.64. The van der Waals surface area contributed by atoms with E-state index in [1.807, 2.05) is 46.0 Å². The summed E-state index contributed by atoms with van der Waals surface area (Å²) >= 11 is 5.77. The van der Waals surface area contributed by atoms with Crippen molar-refractivity contribution < 1.29 is 13.3 Å². The van der Waals surface area contributed by atoms with Gasteiger partial charge in [-0.15, -0.1) is 0 Å². The molecule has 0 unspecified atom stereocenters. The molecule has 0 saturated carbocycles. The molecular formula is C25H22N6O4S2. The first-order valence-corrected chi connectivity index (χ1v) is 13.5. The number of benzene rings is 2. The van der Waals surface area contributed by atoms with Crippen LogP contribution < -0.4 is 14.9 Å². The highest BCUT2D eigenvalue weighted by atomic mass is 32.2. The van der Waals surface area contributed by atoms with Gasteiger partial charge >= 0.3 is 0 Å². The first-order valence-electron chi connectivity index (χ1n) is 11.2. The van der Waals surface area contributed by atoms with Crippen molar-refractivity contribution >= 4 is 44.4 Å². The molecule has 2 aromatic heterocycles. The third-order valence-electron chi connectivity index (χ3n) is 5.97. The zero-order valence-electron chi connectivity index (χ0n) is 19.6. The number of hydrogen-bond donors (Lipinski definition) is 2. The fourth-order valence-corrected chi connectivity index (χ4v) is 5.35. The molecule has 12 heteroatoms. The Morgan fingerprint density at radius 1 is 1.00 bits per heavy atom. The summed E-state index contributed by atoms with van der Waals surface area (Å²) in [5, 5.41) is 15.0. The molecule has 1 aliphatic heterocycles. The van der Waals surface area contributed by atoms with Gasteiger partial charge in [0.2, 0.25) is 10.0 Å². The normalized spacial score (nSPS) is 17.4. The maximum Gasteiger partial charge on any atom is 0.269 e. The number of non-ortho nitro benzene ring substituents is 1. The molecule has 0 bridgehead atoms. The van der Waals surface area contributed by atoms with Gasteiger partial charge in [-0.25, -0.2) is 8.42 Å². The molecule has 0 spiro atoms. The van der Waals surface area contributed by atoms with Gasteiger partial charge in [-0.05, 0) is 72.9 Å². The molecule has 3 heterocycles. The second-order valence-corrected chi connectivity index (χ2v) is 10.6. The van der Waals surface area contributed by atoms with E-state index in [1.165, 1.54) is 12.1 Å². The lowest BCUT2D eigenvalue weighted by Gasteiger charge is -2.29. The SMILES string of the molecule is CS(=O)(=O)Nc1ccc(N2C(=S)N[C@@H](c3ccccn3)[C@@H]2c2cccn2-c2ccc([N+](=O)[O-])cc2)cc1. The van der Waals surface area contributed by atoms with Gasteiger partial charge in [0.25, 0.3) is 5.69 Å². The van der Waals surface area contributed by atoms with Crippen LogP contribution in [0.3, 0.4) is 0 Å². The van der Waals surface area contributed by atoms with E-state index in [0.29, 0.717) is 10.8 Å². The Morgan fingerprint density at radius 3 is 2.32 bits per heavy atom. The van der Waals surface area contributed by atoms with Gasteiger partial charge in [0.15, 0.2) is 5.11 Å². The summed E-state index contributed by atoms with van der Waals surface area (Å²) in [7, 11) is -3.41. The van der Waals surface area contributed by atoms with Gasteiger partial charge in [0.1, 0.15) is 6.04 Å². The molecule has 5 rings (SSSR count). The number of pyridine rings is 1. The van der Waals surface area contributed by atoms with E-state index >= 15 is 0 Å². The minimum Gasteiger partial charge on any atom is -0.351 e. The van der Waals surface area contributed by atoms with Crippen molar-refractivity contribution in [1.82, 2.24) is 14.9 Å². The molecule has 0 radical (unpaired) electrons. The lowest BCUT2D eigenvalue weighted by atomic mass is 10.0. The zero-order chi connectivity index (χ0) is 26.2. The molecule has 188 valence electrons. The summed E-state index contributed by atoms with van der Waals surface area (Å²) in [6, 6.07) is 22.2. The van der Waals surface area contributed by atoms with E-state index < -0.39 is 14.9 Å². The first-order chi connectivity index (χ1) is 17.7. The van der Waals surface area contributed by atoms with Crippen molar-refractivity contribution in [2.75, 3.05) is 15.9 Å². The maximum absolute atomic E-state index is 11.6. The van der Waals surface area contributed by atoms with E-state index in [0.717, 1.165) is 29.0 Å². The Kier molecular flexibility index (Phi) is 6.36. The molecule has 4 aromatic rings. The predicted octanol–water partition coefficient (Wildman–Crippen LogP) is 4.33. The Labute approximate surface area is 218 Å². The third-order valence-corrected chi connectivity index (χ3v) is 6.89. The lowest BCUT2D eigenvalue weighted by molar-refractivity contribution is -0.384. The average Bonchev–Trinajstić information content (AvgIpc) is 3.48. The molecule has 10 nitrogen and oxygen atoms in total. The molecule has 37 heavy (non-hydrogen) atoms. The maximum atomic E-state index is 11.6. The van der Waals surface area contributed by atoms with Crippen molar-refractivity contribution in [3.8, 4) is 5.69 Å². The molecule has 1 saturated heterocycles. The number of anilines is 2. The van der Waals surface area contributed by atoms with E-state index in [2.05, 4.69) is 15.0 Å². The Hall–Kier alpha value is -4.29. The molecule has 0 amide bonds. The Bertz CT molecular complexity index is 1550. The number of aromatic nitrogens is 2. The van der Waals surface area contributed by atoms with Crippen LogP contribution in [0.25, 0.3) is 5.69 Å². The van der Waals surface area contributed by atoms with Gasteiger partial charge in [-0.2, -0.15) is 0 Å². The van der Waals surface area contributed by atoms with E-state index in [1.54, 1.807) is 42.6 Å². The lowest BCUT2D eigenvalue weighted by Crippen LogP contribution is -2.30. The van der Waals surface area contributed by atoms with Crippen LogP contribution in [-0.2, 0) is 10.0 Å². The minimum atomic E-state index is -3.41. The van der Waals surface area contributed by atoms with E-state index in [4.69, 9.17) is 12.2 Å². The number of rotatable bonds is 7. The summed E-state index contributed by atoms with van der Waals surface area (Å²) in [4.78, 5) is 17.2. The van der Waals surface area contributed by atoms with Crippen LogP contribution in [-0.4, -0.2) is 34.3 Å². The van der Waals surface area contributed by atoms with Crippen LogP contribution in [0.5, 0.6) is 0 Å². The zero-order valence-corrected chi connectivity index (χ0v) is 21.2. The van der Waals surface area contributed by atoms with Gasteiger partial charge in [0, 0.05) is 47.3 Å². The number of thiocarbonyl (C=S) groups is 1. The topological polar surface area (TPSA) is 122 Å². The van der Waals surface area contributed by atoms with Crippen LogP contribution in [0.2, 0.25) is 0 Å². The van der Waals surface area contributed by atoms with Crippen LogP contribution in [0.15, 0.2) is 91.3 Å². The molecule has 2 aromatic carbocycles. The van der Waals surface area contributed by atoms with E-state index in [9.17, 15) is 18.5 Å². The number of nitro groups is 1. The summed E-state index contributed by atoms with van der Waals surface area (Å²) in [5.41, 5.74) is 3.65. The number of sulfonamides is 1. The highest BCUT2D eigenvalue weighted by Gasteiger charge is 2.42. The number of nitrogens with one attached hydrogen (secondary N) is 2. The number of nitrogens with zero attached hydrogens (tertiary/aromatic N) is 4. The largest absolute Gasteiger partial charge is 0.351 e. The molecule has 2 N–H and O–H groups in total. The number of hydrogen-bond acceptors (Lipinski definition) is 6. The van der Waals surface area contributed by atoms with Gasteiger partial charge in [-0.3, -0.25) is 19.8 Å². The second-order valence-electron chi connectivity index (χ2n) is 8.49. The van der Waals surface area contributed by atoms with Crippen LogP contribution in [0.1, 0.15) is 23.5 Å². The summed E-state index contributed by atoms with van der Waals surface area (Å²) in [5.74, 6) is 0. The molecular weight excluding hydrogens is 512 g/mol. The predicted molar refractivity (Wildman–Crippen MR) is 145 cm³/mol. The summed E-state index contributed by atoms with van der Waals surface area (Å²) in [6.07, 6.45) is 4.71. The monoisotopic (exact) mass is 534 g/mol. The highest BCUT2D eigenvalue weighted by molar-refractivity contribution is 7.92. The minimum absolute atomic E-state index is 0.0111. The van der Waals surface area contributed by atoms with Gasteiger partial charge < -0.3 is 14.8 Å². The fraction of sp³-hybridized carbons (Fsp3) is 0.120. The molecule has 1 fully saturated rings. The van der Waals surface area contributed by atoms with Crippen LogP contribution in [0.4, 0.5) is 17.1 Å². The first kappa shape index (κ1) is 24.4. The van der Waals surface area contributed by atoms with Crippen LogP contribution >= 0.6 is 12.2 Å². The molecule has 1 aliphatic rings. The highest BCUT2D eigenvalue weighted by Crippen LogP contribution is 2.42. The number of nitro benzene ring substituents is 1. The smallest absolute Gasteiger partial charge is 0.269 e. The quantitative estimate of drug-likeness (QED) is 0.204. The Morgan fingerprint density at radius 2 is 1.70 bits per heavy atom. The third kappa shape index (κ3) is 5.01. The summed E-state index contributed by atoms with van der Waals surface area (Å²) in [6.45, 7) is 0.